The highest BCUT2D eigenvalue weighted by atomic mass is 79.9. The number of thiophene rings is 2. The number of hydrogen-bond acceptors (Lipinski definition) is 5. The highest BCUT2D eigenvalue weighted by Gasteiger charge is 2.17. The van der Waals surface area contributed by atoms with Crippen molar-refractivity contribution in [3.63, 3.8) is 0 Å². The summed E-state index contributed by atoms with van der Waals surface area (Å²) in [5.74, 6) is 0. The van der Waals surface area contributed by atoms with Crippen LogP contribution in [0.3, 0.4) is 0 Å². The minimum Gasteiger partial charge on any atom is -0.388 e. The molecule has 2 N–H and O–H groups in total. The Morgan fingerprint density at radius 2 is 2.16 bits per heavy atom. The fourth-order valence-corrected chi connectivity index (χ4v) is 5.31. The van der Waals surface area contributed by atoms with Crippen LogP contribution in [0.25, 0.3) is 0 Å². The summed E-state index contributed by atoms with van der Waals surface area (Å²) < 4.78 is 27.4. The third-order valence-corrected chi connectivity index (χ3v) is 6.94. The average Bonchev–Trinajstić information content (AvgIpc) is 2.99. The smallest absolute Gasteiger partial charge is 0.250 e. The van der Waals surface area contributed by atoms with Crippen LogP contribution in [-0.4, -0.2) is 20.1 Å². The molecule has 2 aromatic heterocycles. The number of sulfonamides is 1. The first kappa shape index (κ1) is 15.1. The quantitative estimate of drug-likeness (QED) is 0.807. The van der Waals surface area contributed by atoms with E-state index in [0.29, 0.717) is 6.42 Å². The topological polar surface area (TPSA) is 66.4 Å². The Kier molecular flexibility index (Phi) is 5.15. The summed E-state index contributed by atoms with van der Waals surface area (Å²) in [6, 6.07) is 6.93. The summed E-state index contributed by atoms with van der Waals surface area (Å²) >= 11 is 5.84. The predicted octanol–water partition coefficient (Wildman–Crippen LogP) is 2.97. The monoisotopic (exact) mass is 381 g/mol. The normalized spacial score (nSPS) is 13.6. The molecule has 0 aliphatic rings. The van der Waals surface area contributed by atoms with Crippen LogP contribution < -0.4 is 4.72 Å². The molecule has 8 heteroatoms. The van der Waals surface area contributed by atoms with Crippen LogP contribution in [0.2, 0.25) is 0 Å². The van der Waals surface area contributed by atoms with E-state index in [-0.39, 0.29) is 10.8 Å². The van der Waals surface area contributed by atoms with Crippen LogP contribution in [0.5, 0.6) is 0 Å². The van der Waals surface area contributed by atoms with Crippen molar-refractivity contribution in [1.82, 2.24) is 4.72 Å². The van der Waals surface area contributed by atoms with Gasteiger partial charge in [-0.2, -0.15) is 0 Å². The van der Waals surface area contributed by atoms with Gasteiger partial charge in [-0.3, -0.25) is 0 Å². The minimum atomic E-state index is -3.47. The molecule has 2 rings (SSSR count). The largest absolute Gasteiger partial charge is 0.388 e. The lowest BCUT2D eigenvalue weighted by atomic mass is 10.2. The zero-order valence-corrected chi connectivity index (χ0v) is 13.8. The van der Waals surface area contributed by atoms with Crippen LogP contribution in [0.15, 0.2) is 37.6 Å². The van der Waals surface area contributed by atoms with E-state index >= 15 is 0 Å². The van der Waals surface area contributed by atoms with Gasteiger partial charge >= 0.3 is 0 Å². The second-order valence-corrected chi connectivity index (χ2v) is 9.21. The van der Waals surface area contributed by atoms with Gasteiger partial charge in [0.2, 0.25) is 10.0 Å². The molecular weight excluding hydrogens is 370 g/mol. The van der Waals surface area contributed by atoms with E-state index in [0.717, 1.165) is 20.0 Å². The first-order chi connectivity index (χ1) is 8.99. The van der Waals surface area contributed by atoms with Gasteiger partial charge in [0.05, 0.1) is 9.89 Å². The van der Waals surface area contributed by atoms with Crippen molar-refractivity contribution in [2.24, 2.45) is 0 Å². The Morgan fingerprint density at radius 1 is 1.37 bits per heavy atom. The molecule has 0 bridgehead atoms. The standard InChI is InChI=1S/C11H12BrNO3S3/c12-10-3-4-11(18-10)19(15,16)13-6-5-8(14)9-2-1-7-17-9/h1-4,7-8,13-14H,5-6H2. The SMILES string of the molecule is O=S(=O)(NCCC(O)c1cccs1)c1ccc(Br)s1. The van der Waals surface area contributed by atoms with Crippen molar-refractivity contribution < 1.29 is 13.5 Å². The molecule has 0 aromatic carbocycles. The van der Waals surface area contributed by atoms with Crippen molar-refractivity contribution in [2.75, 3.05) is 6.54 Å². The summed E-state index contributed by atoms with van der Waals surface area (Å²) in [6.45, 7) is 0.205. The molecule has 0 amide bonds. The molecule has 2 heterocycles. The van der Waals surface area contributed by atoms with E-state index in [1.807, 2.05) is 17.5 Å². The Labute approximate surface area is 128 Å². The van der Waals surface area contributed by atoms with Crippen LogP contribution in [0, 0.1) is 0 Å². The summed E-state index contributed by atoms with van der Waals surface area (Å²) in [6.07, 6.45) is -0.274. The second kappa shape index (κ2) is 6.47. The summed E-state index contributed by atoms with van der Waals surface area (Å²) in [7, 11) is -3.47. The fourth-order valence-electron chi connectivity index (χ4n) is 1.47. The Bertz CT molecular complexity index is 621. The maximum atomic E-state index is 11.9. The molecule has 19 heavy (non-hydrogen) atoms. The maximum absolute atomic E-state index is 11.9. The van der Waals surface area contributed by atoms with Gasteiger partial charge in [-0.15, -0.1) is 22.7 Å². The van der Waals surface area contributed by atoms with Crippen molar-refractivity contribution in [1.29, 1.82) is 0 Å². The zero-order valence-electron chi connectivity index (χ0n) is 9.74. The molecule has 2 aromatic rings. The third kappa shape index (κ3) is 4.11. The molecule has 0 saturated carbocycles. The van der Waals surface area contributed by atoms with Gasteiger partial charge in [-0.05, 0) is 45.9 Å². The molecule has 0 spiro atoms. The molecule has 0 radical (unpaired) electrons. The lowest BCUT2D eigenvalue weighted by Crippen LogP contribution is -2.25. The summed E-state index contributed by atoms with van der Waals surface area (Å²) in [4.78, 5) is 0.845. The van der Waals surface area contributed by atoms with Crippen LogP contribution in [-0.2, 0) is 10.0 Å². The molecule has 0 fully saturated rings. The van der Waals surface area contributed by atoms with Crippen molar-refractivity contribution >= 4 is 48.6 Å². The predicted molar refractivity (Wildman–Crippen MR) is 81.1 cm³/mol. The molecule has 104 valence electrons. The molecule has 1 atom stereocenters. The number of rotatable bonds is 6. The number of aliphatic hydroxyl groups excluding tert-OH is 1. The zero-order chi connectivity index (χ0) is 13.9. The molecule has 4 nitrogen and oxygen atoms in total. The third-order valence-electron chi connectivity index (χ3n) is 2.39. The van der Waals surface area contributed by atoms with Crippen molar-refractivity contribution in [3.8, 4) is 0 Å². The van der Waals surface area contributed by atoms with Gasteiger partial charge in [0.25, 0.3) is 0 Å². The van der Waals surface area contributed by atoms with Crippen molar-refractivity contribution in [3.05, 3.63) is 38.3 Å². The number of halogens is 1. The molecule has 0 saturated heterocycles. The Balaban J connectivity index is 1.89. The van der Waals surface area contributed by atoms with E-state index in [4.69, 9.17) is 0 Å². The molecular formula is C11H12BrNO3S3. The van der Waals surface area contributed by atoms with Crippen LogP contribution >= 0.6 is 38.6 Å². The molecule has 1 unspecified atom stereocenters. The molecule has 0 aliphatic heterocycles. The van der Waals surface area contributed by atoms with Crippen LogP contribution in [0.1, 0.15) is 17.4 Å². The van der Waals surface area contributed by atoms with Gasteiger partial charge in [-0.1, -0.05) is 6.07 Å². The highest BCUT2D eigenvalue weighted by molar-refractivity contribution is 9.11. The highest BCUT2D eigenvalue weighted by Crippen LogP contribution is 2.26. The van der Waals surface area contributed by atoms with Gasteiger partial charge in [0, 0.05) is 11.4 Å². The minimum absolute atomic E-state index is 0.205. The van der Waals surface area contributed by atoms with E-state index in [9.17, 15) is 13.5 Å². The Morgan fingerprint density at radius 3 is 2.74 bits per heavy atom. The van der Waals surface area contributed by atoms with Gasteiger partial charge < -0.3 is 5.11 Å². The van der Waals surface area contributed by atoms with Gasteiger partial charge in [-0.25, -0.2) is 13.1 Å². The lowest BCUT2D eigenvalue weighted by molar-refractivity contribution is 0.173. The summed E-state index contributed by atoms with van der Waals surface area (Å²) in [5, 5.41) is 11.7. The van der Waals surface area contributed by atoms with E-state index in [1.54, 1.807) is 12.1 Å². The second-order valence-electron chi connectivity index (χ2n) is 3.78. The van der Waals surface area contributed by atoms with E-state index in [1.165, 1.54) is 11.3 Å². The first-order valence-corrected chi connectivity index (χ1v) is 9.43. The lowest BCUT2D eigenvalue weighted by Gasteiger charge is -2.09. The van der Waals surface area contributed by atoms with Gasteiger partial charge in [0.15, 0.2) is 0 Å². The average molecular weight is 382 g/mol. The number of hydrogen-bond donors (Lipinski definition) is 2. The van der Waals surface area contributed by atoms with E-state index in [2.05, 4.69) is 20.7 Å². The number of nitrogens with one attached hydrogen (secondary N) is 1. The fraction of sp³-hybridized carbons (Fsp3) is 0.273. The van der Waals surface area contributed by atoms with Gasteiger partial charge in [0.1, 0.15) is 4.21 Å². The maximum Gasteiger partial charge on any atom is 0.250 e. The number of aliphatic hydroxyl groups is 1. The van der Waals surface area contributed by atoms with Crippen molar-refractivity contribution in [2.45, 2.75) is 16.7 Å². The van der Waals surface area contributed by atoms with Crippen LogP contribution in [0.4, 0.5) is 0 Å². The summed E-state index contributed by atoms with van der Waals surface area (Å²) in [5.41, 5.74) is 0. The molecule has 0 aliphatic carbocycles. The van der Waals surface area contributed by atoms with E-state index < -0.39 is 16.1 Å². The first-order valence-electron chi connectivity index (χ1n) is 5.45. The Hall–Kier alpha value is -0.250.